The average Bonchev–Trinajstić information content (AvgIpc) is 2.85. The number of thiophene rings is 1. The van der Waals surface area contributed by atoms with Crippen LogP contribution in [0.3, 0.4) is 0 Å². The van der Waals surface area contributed by atoms with Crippen molar-refractivity contribution in [1.29, 1.82) is 0 Å². The van der Waals surface area contributed by atoms with Gasteiger partial charge in [-0.05, 0) is 25.3 Å². The van der Waals surface area contributed by atoms with E-state index in [-0.39, 0.29) is 11.9 Å². The van der Waals surface area contributed by atoms with E-state index >= 15 is 0 Å². The van der Waals surface area contributed by atoms with Crippen LogP contribution in [0.5, 0.6) is 0 Å². The molecule has 4 N–H and O–H groups in total. The molecule has 0 saturated carbocycles. The van der Waals surface area contributed by atoms with Gasteiger partial charge in [0.05, 0.1) is 16.9 Å². The number of thioether (sulfide) groups is 1. The highest BCUT2D eigenvalue weighted by atomic mass is 32.2. The van der Waals surface area contributed by atoms with E-state index in [0.717, 1.165) is 10.2 Å². The fraction of sp³-hybridized carbons (Fsp3) is 0.417. The van der Waals surface area contributed by atoms with Gasteiger partial charge in [-0.25, -0.2) is 15.8 Å². The van der Waals surface area contributed by atoms with E-state index in [1.807, 2.05) is 25.3 Å². The number of nitrogen functional groups attached to an aromatic ring is 1. The first-order valence-corrected chi connectivity index (χ1v) is 8.21. The molecule has 0 bridgehead atoms. The summed E-state index contributed by atoms with van der Waals surface area (Å²) in [6.07, 6.45) is 0. The smallest absolute Gasteiger partial charge is 0.230 e. The Bertz CT molecular complexity index is 599. The van der Waals surface area contributed by atoms with Crippen LogP contribution in [0.15, 0.2) is 11.4 Å². The minimum atomic E-state index is 0.0272. The van der Waals surface area contributed by atoms with Gasteiger partial charge in [-0.1, -0.05) is 0 Å². The molecular weight excluding hydrogens is 294 g/mol. The molecule has 0 spiro atoms. The number of aromatic nitrogens is 2. The Morgan fingerprint density at radius 3 is 3.00 bits per heavy atom. The quantitative estimate of drug-likeness (QED) is 0.556. The molecule has 20 heavy (non-hydrogen) atoms. The van der Waals surface area contributed by atoms with Crippen LogP contribution in [-0.4, -0.2) is 27.7 Å². The number of carbonyl (C=O) groups excluding carboxylic acids is 1. The fourth-order valence-corrected chi connectivity index (χ4v) is 3.14. The molecule has 0 fully saturated rings. The zero-order chi connectivity index (χ0) is 14.5. The van der Waals surface area contributed by atoms with Crippen LogP contribution < -0.4 is 16.6 Å². The third kappa shape index (κ3) is 3.81. The number of amides is 1. The zero-order valence-corrected chi connectivity index (χ0v) is 13.0. The van der Waals surface area contributed by atoms with Gasteiger partial charge in [-0.15, -0.1) is 23.1 Å². The molecular formula is C12H17N5OS2. The number of rotatable bonds is 6. The Labute approximate surface area is 125 Å². The predicted octanol–water partition coefficient (Wildman–Crippen LogP) is 1.73. The fourth-order valence-electron chi connectivity index (χ4n) is 1.67. The molecule has 0 aliphatic rings. The molecule has 2 aromatic rings. The summed E-state index contributed by atoms with van der Waals surface area (Å²) in [6.45, 7) is 3.88. The molecule has 0 saturated heterocycles. The molecule has 0 aliphatic carbocycles. The van der Waals surface area contributed by atoms with Crippen LogP contribution >= 0.6 is 23.1 Å². The number of nitrogens with zero attached hydrogens (tertiary/aromatic N) is 2. The molecule has 0 aromatic carbocycles. The minimum absolute atomic E-state index is 0.0272. The van der Waals surface area contributed by atoms with E-state index in [1.165, 1.54) is 11.8 Å². The van der Waals surface area contributed by atoms with E-state index < -0.39 is 0 Å². The maximum Gasteiger partial charge on any atom is 0.230 e. The second-order valence-corrected chi connectivity index (χ2v) is 6.37. The first-order valence-electron chi connectivity index (χ1n) is 6.18. The Balaban J connectivity index is 1.98. The summed E-state index contributed by atoms with van der Waals surface area (Å²) in [5, 5.41) is 5.72. The number of hydrazine groups is 1. The molecule has 1 amide bonds. The number of anilines is 1. The molecule has 2 aromatic heterocycles. The predicted molar refractivity (Wildman–Crippen MR) is 84.7 cm³/mol. The van der Waals surface area contributed by atoms with Gasteiger partial charge in [0.2, 0.25) is 5.91 Å². The monoisotopic (exact) mass is 311 g/mol. The molecule has 0 atom stereocenters. The highest BCUT2D eigenvalue weighted by Gasteiger charge is 2.09. The van der Waals surface area contributed by atoms with Gasteiger partial charge in [0.15, 0.2) is 5.82 Å². The van der Waals surface area contributed by atoms with Crippen molar-refractivity contribution < 1.29 is 4.79 Å². The Morgan fingerprint density at radius 2 is 2.30 bits per heavy atom. The first-order chi connectivity index (χ1) is 9.60. The van der Waals surface area contributed by atoms with Crippen LogP contribution in [0.1, 0.15) is 19.7 Å². The molecule has 0 radical (unpaired) electrons. The molecule has 0 unspecified atom stereocenters. The Kier molecular flexibility index (Phi) is 5.16. The lowest BCUT2D eigenvalue weighted by Gasteiger charge is -2.08. The largest absolute Gasteiger partial charge is 0.353 e. The number of carbonyl (C=O) groups is 1. The lowest BCUT2D eigenvalue weighted by Crippen LogP contribution is -2.31. The maximum atomic E-state index is 11.5. The second-order valence-electron chi connectivity index (χ2n) is 4.49. The minimum Gasteiger partial charge on any atom is -0.353 e. The Hall–Kier alpha value is -1.38. The van der Waals surface area contributed by atoms with Crippen molar-refractivity contribution in [2.24, 2.45) is 5.84 Å². The highest BCUT2D eigenvalue weighted by molar-refractivity contribution is 7.99. The SMILES string of the molecule is CC(C)NC(=O)CSCc1nc(NN)c2ccsc2n1. The molecule has 8 heteroatoms. The van der Waals surface area contributed by atoms with Crippen LogP contribution in [0, 0.1) is 0 Å². The summed E-state index contributed by atoms with van der Waals surface area (Å²) in [5.74, 6) is 7.77. The van der Waals surface area contributed by atoms with E-state index in [2.05, 4.69) is 20.7 Å². The van der Waals surface area contributed by atoms with E-state index in [4.69, 9.17) is 5.84 Å². The lowest BCUT2D eigenvalue weighted by atomic mass is 10.4. The van der Waals surface area contributed by atoms with Gasteiger partial charge in [0, 0.05) is 6.04 Å². The topological polar surface area (TPSA) is 92.9 Å². The summed E-state index contributed by atoms with van der Waals surface area (Å²) in [5.41, 5.74) is 2.59. The number of hydrogen-bond acceptors (Lipinski definition) is 7. The number of nitrogens with one attached hydrogen (secondary N) is 2. The van der Waals surface area contributed by atoms with Gasteiger partial charge in [0.25, 0.3) is 0 Å². The number of fused-ring (bicyclic) bond motifs is 1. The standard InChI is InChI=1S/C12H17N5OS2/c1-7(2)14-10(18)6-19-5-9-15-11(17-13)8-3-4-20-12(8)16-9/h3-4,7H,5-6,13H2,1-2H3,(H,14,18)(H,15,16,17). The highest BCUT2D eigenvalue weighted by Crippen LogP contribution is 2.25. The molecule has 108 valence electrons. The van der Waals surface area contributed by atoms with Gasteiger partial charge >= 0.3 is 0 Å². The lowest BCUT2D eigenvalue weighted by molar-refractivity contribution is -0.119. The van der Waals surface area contributed by atoms with Crippen LogP contribution in [0.4, 0.5) is 5.82 Å². The van der Waals surface area contributed by atoms with Gasteiger partial charge in [-0.2, -0.15) is 0 Å². The molecule has 6 nitrogen and oxygen atoms in total. The van der Waals surface area contributed by atoms with Crippen molar-refractivity contribution in [2.75, 3.05) is 11.2 Å². The van der Waals surface area contributed by atoms with Crippen molar-refractivity contribution in [3.63, 3.8) is 0 Å². The number of nitrogens with two attached hydrogens (primary N) is 1. The van der Waals surface area contributed by atoms with Crippen LogP contribution in [0.25, 0.3) is 10.2 Å². The van der Waals surface area contributed by atoms with Crippen LogP contribution in [-0.2, 0) is 10.5 Å². The van der Waals surface area contributed by atoms with Gasteiger partial charge in [0.1, 0.15) is 10.7 Å². The van der Waals surface area contributed by atoms with Crippen molar-refractivity contribution in [2.45, 2.75) is 25.6 Å². The summed E-state index contributed by atoms with van der Waals surface area (Å²) in [7, 11) is 0. The third-order valence-corrected chi connectivity index (χ3v) is 4.16. The molecule has 2 heterocycles. The summed E-state index contributed by atoms with van der Waals surface area (Å²) >= 11 is 3.03. The van der Waals surface area contributed by atoms with Gasteiger partial charge in [-0.3, -0.25) is 4.79 Å². The first kappa shape index (κ1) is 15.0. The molecule has 2 rings (SSSR count). The average molecular weight is 311 g/mol. The van der Waals surface area contributed by atoms with Crippen molar-refractivity contribution in [3.8, 4) is 0 Å². The second kappa shape index (κ2) is 6.87. The normalized spacial score (nSPS) is 11.0. The Morgan fingerprint density at radius 1 is 1.50 bits per heavy atom. The number of hydrogen-bond donors (Lipinski definition) is 3. The third-order valence-electron chi connectivity index (χ3n) is 2.42. The maximum absolute atomic E-state index is 11.5. The summed E-state index contributed by atoms with van der Waals surface area (Å²) < 4.78 is 0. The van der Waals surface area contributed by atoms with Crippen molar-refractivity contribution in [3.05, 3.63) is 17.3 Å². The zero-order valence-electron chi connectivity index (χ0n) is 11.3. The van der Waals surface area contributed by atoms with Gasteiger partial charge < -0.3 is 10.7 Å². The van der Waals surface area contributed by atoms with E-state index in [1.54, 1.807) is 11.3 Å². The summed E-state index contributed by atoms with van der Waals surface area (Å²) in [6, 6.07) is 2.09. The van der Waals surface area contributed by atoms with E-state index in [9.17, 15) is 4.79 Å². The van der Waals surface area contributed by atoms with Crippen LogP contribution in [0.2, 0.25) is 0 Å². The molecule has 0 aliphatic heterocycles. The van der Waals surface area contributed by atoms with Crippen molar-refractivity contribution >= 4 is 45.0 Å². The van der Waals surface area contributed by atoms with E-state index in [0.29, 0.717) is 23.1 Å². The van der Waals surface area contributed by atoms with Crippen molar-refractivity contribution in [1.82, 2.24) is 15.3 Å². The summed E-state index contributed by atoms with van der Waals surface area (Å²) in [4.78, 5) is 21.3.